The highest BCUT2D eigenvalue weighted by Gasteiger charge is 2.09. The Hall–Kier alpha value is -3.43. The van der Waals surface area contributed by atoms with Gasteiger partial charge in [0.15, 0.2) is 0 Å². The van der Waals surface area contributed by atoms with E-state index >= 15 is 0 Å². The van der Waals surface area contributed by atoms with Crippen LogP contribution in [-0.2, 0) is 6.61 Å². The van der Waals surface area contributed by atoms with Crippen molar-refractivity contribution in [3.63, 3.8) is 0 Å². The molecule has 4 aromatic rings. The number of hydrogen-bond donors (Lipinski definition) is 1. The van der Waals surface area contributed by atoms with Crippen LogP contribution >= 0.6 is 15.9 Å². The van der Waals surface area contributed by atoms with Gasteiger partial charge in [0.2, 0.25) is 0 Å². The van der Waals surface area contributed by atoms with Crippen molar-refractivity contribution in [3.8, 4) is 11.8 Å². The monoisotopic (exact) mass is 447 g/mol. The molecule has 4 nitrogen and oxygen atoms in total. The Balaban J connectivity index is 1.54. The fraction of sp³-hybridized carbons (Fsp3) is 0.0435. The van der Waals surface area contributed by atoms with E-state index in [0.29, 0.717) is 23.8 Å². The zero-order chi connectivity index (χ0) is 20.2. The molecule has 0 saturated heterocycles. The van der Waals surface area contributed by atoms with E-state index in [2.05, 4.69) is 32.0 Å². The molecule has 0 aliphatic heterocycles. The normalized spacial score (nSPS) is 11.4. The van der Waals surface area contributed by atoms with Crippen molar-refractivity contribution in [2.45, 2.75) is 6.61 Å². The second kappa shape index (κ2) is 8.29. The zero-order valence-corrected chi connectivity index (χ0v) is 16.8. The van der Waals surface area contributed by atoms with Gasteiger partial charge in [-0.25, -0.2) is 9.37 Å². The predicted octanol–water partition coefficient (Wildman–Crippen LogP) is 6.11. The van der Waals surface area contributed by atoms with Crippen molar-refractivity contribution in [2.75, 3.05) is 0 Å². The highest BCUT2D eigenvalue weighted by molar-refractivity contribution is 9.10. The Morgan fingerprint density at radius 2 is 1.93 bits per heavy atom. The number of nitrogens with one attached hydrogen (secondary N) is 1. The first kappa shape index (κ1) is 18.9. The second-order valence-electron chi connectivity index (χ2n) is 6.38. The summed E-state index contributed by atoms with van der Waals surface area (Å²) in [5.74, 6) is 0.916. The van der Waals surface area contributed by atoms with Crippen LogP contribution in [0.4, 0.5) is 4.39 Å². The topological polar surface area (TPSA) is 61.7 Å². The van der Waals surface area contributed by atoms with Gasteiger partial charge >= 0.3 is 0 Å². The highest BCUT2D eigenvalue weighted by atomic mass is 79.9. The van der Waals surface area contributed by atoms with E-state index in [1.807, 2.05) is 42.5 Å². The lowest BCUT2D eigenvalue weighted by atomic mass is 10.1. The van der Waals surface area contributed by atoms with E-state index in [4.69, 9.17) is 4.74 Å². The zero-order valence-electron chi connectivity index (χ0n) is 15.2. The third kappa shape index (κ3) is 4.36. The summed E-state index contributed by atoms with van der Waals surface area (Å²) in [6, 6.07) is 21.6. The molecule has 0 fully saturated rings. The number of H-pyrrole nitrogens is 1. The molecule has 6 heteroatoms. The van der Waals surface area contributed by atoms with Gasteiger partial charge < -0.3 is 9.72 Å². The molecule has 4 rings (SSSR count). The number of rotatable bonds is 5. The lowest BCUT2D eigenvalue weighted by Crippen LogP contribution is -1.96. The quantitative estimate of drug-likeness (QED) is 0.375. The highest BCUT2D eigenvalue weighted by Crippen LogP contribution is 2.28. The van der Waals surface area contributed by atoms with Gasteiger partial charge in [-0.1, -0.05) is 30.3 Å². The first-order valence-electron chi connectivity index (χ1n) is 8.86. The summed E-state index contributed by atoms with van der Waals surface area (Å²) in [6.07, 6.45) is 1.77. The number of hydrogen-bond acceptors (Lipinski definition) is 3. The second-order valence-corrected chi connectivity index (χ2v) is 7.23. The number of ether oxygens (including phenoxy) is 1. The van der Waals surface area contributed by atoms with Crippen LogP contribution in [0.25, 0.3) is 22.7 Å². The lowest BCUT2D eigenvalue weighted by Gasteiger charge is -2.09. The summed E-state index contributed by atoms with van der Waals surface area (Å²) in [5, 5.41) is 9.58. The van der Waals surface area contributed by atoms with Crippen molar-refractivity contribution >= 4 is 38.6 Å². The van der Waals surface area contributed by atoms with E-state index in [9.17, 15) is 9.65 Å². The van der Waals surface area contributed by atoms with Gasteiger partial charge in [-0.05, 0) is 69.5 Å². The molecule has 1 aromatic heterocycles. The summed E-state index contributed by atoms with van der Waals surface area (Å²) < 4.78 is 19.6. The molecule has 0 bridgehead atoms. The van der Waals surface area contributed by atoms with Crippen molar-refractivity contribution in [2.24, 2.45) is 0 Å². The fourth-order valence-electron chi connectivity index (χ4n) is 2.87. The number of nitriles is 1. The number of imidazole rings is 1. The van der Waals surface area contributed by atoms with Gasteiger partial charge in [0.1, 0.15) is 30.1 Å². The fourth-order valence-corrected chi connectivity index (χ4v) is 3.38. The average Bonchev–Trinajstić information content (AvgIpc) is 3.16. The number of para-hydroxylation sites is 2. The maximum absolute atomic E-state index is 13.0. The predicted molar refractivity (Wildman–Crippen MR) is 114 cm³/mol. The minimum absolute atomic E-state index is 0.274. The molecule has 1 heterocycles. The van der Waals surface area contributed by atoms with Crippen LogP contribution in [0.15, 0.2) is 71.2 Å². The van der Waals surface area contributed by atoms with Crippen molar-refractivity contribution < 1.29 is 9.13 Å². The van der Waals surface area contributed by atoms with E-state index in [-0.39, 0.29) is 5.82 Å². The molecule has 142 valence electrons. The molecule has 0 amide bonds. The molecular weight excluding hydrogens is 433 g/mol. The van der Waals surface area contributed by atoms with E-state index < -0.39 is 0 Å². The maximum atomic E-state index is 13.0. The van der Waals surface area contributed by atoms with Crippen LogP contribution in [-0.4, -0.2) is 9.97 Å². The van der Waals surface area contributed by atoms with Gasteiger partial charge in [-0.15, -0.1) is 0 Å². The molecule has 0 aliphatic rings. The number of aromatic amines is 1. The standard InChI is InChI=1S/C23H15BrFN3O/c24-19-12-16(7-10-22(19)29-14-15-5-8-18(25)9-6-15)11-17(13-26)23-27-20-3-1-2-4-21(20)28-23/h1-12H,14H2,(H,27,28). The minimum Gasteiger partial charge on any atom is -0.488 e. The van der Waals surface area contributed by atoms with Gasteiger partial charge in [0, 0.05) is 0 Å². The molecule has 0 spiro atoms. The van der Waals surface area contributed by atoms with Crippen LogP contribution < -0.4 is 4.74 Å². The smallest absolute Gasteiger partial charge is 0.149 e. The first-order valence-corrected chi connectivity index (χ1v) is 9.65. The number of aromatic nitrogens is 2. The molecule has 3 aromatic carbocycles. The van der Waals surface area contributed by atoms with Gasteiger partial charge in [-0.2, -0.15) is 5.26 Å². The van der Waals surface area contributed by atoms with Gasteiger partial charge in [-0.3, -0.25) is 0 Å². The SMILES string of the molecule is N#CC(=Cc1ccc(OCc2ccc(F)cc2)c(Br)c1)c1nc2ccccc2[nH]1. The molecule has 0 aliphatic carbocycles. The Bertz CT molecular complexity index is 1210. The van der Waals surface area contributed by atoms with Crippen LogP contribution in [0, 0.1) is 17.1 Å². The van der Waals surface area contributed by atoms with E-state index in [1.165, 1.54) is 12.1 Å². The number of fused-ring (bicyclic) bond motifs is 1. The largest absolute Gasteiger partial charge is 0.488 e. The molecular formula is C23H15BrFN3O. The van der Waals surface area contributed by atoms with Crippen LogP contribution in [0.5, 0.6) is 5.75 Å². The number of halogens is 2. The van der Waals surface area contributed by atoms with E-state index in [0.717, 1.165) is 26.6 Å². The van der Waals surface area contributed by atoms with Gasteiger partial charge in [0.05, 0.1) is 21.1 Å². The number of allylic oxidation sites excluding steroid dienone is 1. The molecule has 29 heavy (non-hydrogen) atoms. The Labute approximate surface area is 175 Å². The molecule has 1 N–H and O–H groups in total. The molecule has 0 unspecified atom stereocenters. The summed E-state index contributed by atoms with van der Waals surface area (Å²) in [5.41, 5.74) is 3.85. The van der Waals surface area contributed by atoms with Crippen LogP contribution in [0.3, 0.4) is 0 Å². The first-order chi connectivity index (χ1) is 14.1. The third-order valence-electron chi connectivity index (χ3n) is 4.34. The summed E-state index contributed by atoms with van der Waals surface area (Å²) >= 11 is 3.51. The Kier molecular flexibility index (Phi) is 5.41. The Morgan fingerprint density at radius 3 is 2.66 bits per heavy atom. The summed E-state index contributed by atoms with van der Waals surface area (Å²) in [4.78, 5) is 7.65. The third-order valence-corrected chi connectivity index (χ3v) is 4.96. The van der Waals surface area contributed by atoms with Crippen molar-refractivity contribution in [1.29, 1.82) is 5.26 Å². The van der Waals surface area contributed by atoms with Gasteiger partial charge in [0.25, 0.3) is 0 Å². The van der Waals surface area contributed by atoms with Crippen LogP contribution in [0.1, 0.15) is 17.0 Å². The molecule has 0 atom stereocenters. The number of nitrogens with zero attached hydrogens (tertiary/aromatic N) is 2. The van der Waals surface area contributed by atoms with Crippen LogP contribution in [0.2, 0.25) is 0 Å². The molecule has 0 saturated carbocycles. The Morgan fingerprint density at radius 1 is 1.14 bits per heavy atom. The average molecular weight is 448 g/mol. The molecule has 0 radical (unpaired) electrons. The lowest BCUT2D eigenvalue weighted by molar-refractivity contribution is 0.304. The minimum atomic E-state index is -0.274. The maximum Gasteiger partial charge on any atom is 0.149 e. The summed E-state index contributed by atoms with van der Waals surface area (Å²) in [7, 11) is 0. The summed E-state index contributed by atoms with van der Waals surface area (Å²) in [6.45, 7) is 0.330. The number of benzene rings is 3. The van der Waals surface area contributed by atoms with Crippen molar-refractivity contribution in [1.82, 2.24) is 9.97 Å². The van der Waals surface area contributed by atoms with Crippen molar-refractivity contribution in [3.05, 3.63) is 94.0 Å². The van der Waals surface area contributed by atoms with E-state index in [1.54, 1.807) is 18.2 Å².